The molecule has 1 aliphatic rings. The van der Waals surface area contributed by atoms with Crippen molar-refractivity contribution in [3.63, 3.8) is 0 Å². The summed E-state index contributed by atoms with van der Waals surface area (Å²) in [7, 11) is 1.35. The van der Waals surface area contributed by atoms with Crippen molar-refractivity contribution in [2.45, 2.75) is 19.1 Å². The summed E-state index contributed by atoms with van der Waals surface area (Å²) in [5.41, 5.74) is 7.33. The molecule has 2 aromatic carbocycles. The van der Waals surface area contributed by atoms with Gasteiger partial charge in [0.05, 0.1) is 24.2 Å². The number of aromatic nitrogens is 4. The van der Waals surface area contributed by atoms with E-state index in [0.29, 0.717) is 37.1 Å². The molecule has 0 bridgehead atoms. The Morgan fingerprint density at radius 3 is 2.49 bits per heavy atom. The van der Waals surface area contributed by atoms with Crippen molar-refractivity contribution in [3.05, 3.63) is 65.7 Å². The van der Waals surface area contributed by atoms with Crippen molar-refractivity contribution in [3.8, 4) is 17.2 Å². The second-order valence-electron chi connectivity index (χ2n) is 9.78. The number of H-pyrrole nitrogens is 1. The van der Waals surface area contributed by atoms with Gasteiger partial charge in [-0.05, 0) is 43.3 Å². The number of alkyl halides is 3. The lowest BCUT2D eigenvalue weighted by Gasteiger charge is -2.34. The number of imidazole rings is 1. The predicted molar refractivity (Wildman–Crippen MR) is 146 cm³/mol. The van der Waals surface area contributed by atoms with E-state index in [-0.39, 0.29) is 34.5 Å². The molecular formula is C28H26F3N7O3. The van der Waals surface area contributed by atoms with Crippen LogP contribution in [-0.2, 0) is 6.18 Å². The Kier molecular flexibility index (Phi) is 6.53. The zero-order valence-electron chi connectivity index (χ0n) is 22.2. The van der Waals surface area contributed by atoms with Crippen molar-refractivity contribution in [2.24, 2.45) is 5.73 Å². The lowest BCUT2D eigenvalue weighted by atomic mass is 10.1. The maximum absolute atomic E-state index is 13.6. The first-order chi connectivity index (χ1) is 19.6. The first-order valence-corrected chi connectivity index (χ1v) is 12.9. The second-order valence-corrected chi connectivity index (χ2v) is 9.78. The number of hydrogen-bond acceptors (Lipinski definition) is 8. The van der Waals surface area contributed by atoms with Gasteiger partial charge in [-0.2, -0.15) is 13.2 Å². The van der Waals surface area contributed by atoms with Crippen molar-refractivity contribution in [1.82, 2.24) is 24.8 Å². The minimum absolute atomic E-state index is 0.00467. The third-order valence-electron chi connectivity index (χ3n) is 7.07. The summed E-state index contributed by atoms with van der Waals surface area (Å²) >= 11 is 0. The van der Waals surface area contributed by atoms with Gasteiger partial charge in [-0.15, -0.1) is 0 Å². The Morgan fingerprint density at radius 2 is 1.80 bits per heavy atom. The number of para-hydroxylation sites is 2. The largest absolute Gasteiger partial charge is 0.494 e. The van der Waals surface area contributed by atoms with Crippen LogP contribution < -0.4 is 15.4 Å². The van der Waals surface area contributed by atoms with E-state index in [9.17, 15) is 18.0 Å². The highest BCUT2D eigenvalue weighted by molar-refractivity contribution is 5.98. The molecule has 4 heterocycles. The van der Waals surface area contributed by atoms with Gasteiger partial charge in [0.2, 0.25) is 11.8 Å². The Labute approximate surface area is 231 Å². The summed E-state index contributed by atoms with van der Waals surface area (Å²) in [6, 6.07) is 12.4. The number of rotatable bonds is 5. The van der Waals surface area contributed by atoms with Crippen LogP contribution in [0.2, 0.25) is 0 Å². The first-order valence-electron chi connectivity index (χ1n) is 12.9. The molecular weight excluding hydrogens is 539 g/mol. The monoisotopic (exact) mass is 565 g/mol. The molecule has 3 aromatic heterocycles. The van der Waals surface area contributed by atoms with Gasteiger partial charge in [-0.3, -0.25) is 4.79 Å². The fraction of sp³-hybridized carbons (Fsp3) is 0.286. The standard InChI is InChI=1S/C28H26F3N7O3/c1-15(32)24-23(26(39)37-11-13-38(14-12-37)27-33-18-5-3-4-6-19(18)34-27)36-25(41-24)17-7-9-20(40-2)22-16(17)8-10-21(35-22)28(29,30)31/h3-10,15H,11-14,32H2,1-2H3,(H,33,34). The van der Waals surface area contributed by atoms with Gasteiger partial charge in [0.1, 0.15) is 17.0 Å². The molecule has 0 saturated carbocycles. The Balaban J connectivity index is 1.29. The molecule has 41 heavy (non-hydrogen) atoms. The van der Waals surface area contributed by atoms with Gasteiger partial charge in [0.25, 0.3) is 5.91 Å². The molecule has 1 saturated heterocycles. The average Bonchev–Trinajstić information content (AvgIpc) is 3.61. The van der Waals surface area contributed by atoms with Crippen LogP contribution in [0.3, 0.4) is 0 Å². The molecule has 1 amide bonds. The van der Waals surface area contributed by atoms with Crippen LogP contribution in [0.4, 0.5) is 19.1 Å². The maximum atomic E-state index is 13.6. The Hall–Kier alpha value is -4.65. The molecule has 5 aromatic rings. The molecule has 6 rings (SSSR count). The lowest BCUT2D eigenvalue weighted by molar-refractivity contribution is -0.140. The average molecular weight is 566 g/mol. The summed E-state index contributed by atoms with van der Waals surface area (Å²) in [6.07, 6.45) is -4.63. The molecule has 212 valence electrons. The number of methoxy groups -OCH3 is 1. The number of piperazine rings is 1. The van der Waals surface area contributed by atoms with Crippen LogP contribution in [0.1, 0.15) is 34.9 Å². The number of carbonyl (C=O) groups is 1. The quantitative estimate of drug-likeness (QED) is 0.312. The number of fused-ring (bicyclic) bond motifs is 2. The molecule has 1 aliphatic heterocycles. The van der Waals surface area contributed by atoms with E-state index >= 15 is 0 Å². The number of pyridine rings is 1. The fourth-order valence-corrected chi connectivity index (χ4v) is 4.97. The zero-order valence-corrected chi connectivity index (χ0v) is 22.2. The van der Waals surface area contributed by atoms with Gasteiger partial charge in [-0.25, -0.2) is 15.0 Å². The van der Waals surface area contributed by atoms with E-state index in [0.717, 1.165) is 23.0 Å². The topological polar surface area (TPSA) is 126 Å². The number of benzene rings is 2. The Bertz CT molecular complexity index is 1720. The van der Waals surface area contributed by atoms with E-state index in [4.69, 9.17) is 14.9 Å². The molecule has 0 spiro atoms. The van der Waals surface area contributed by atoms with Crippen LogP contribution in [0.25, 0.3) is 33.4 Å². The number of halogens is 3. The number of ether oxygens (including phenoxy) is 1. The highest BCUT2D eigenvalue weighted by Gasteiger charge is 2.34. The molecule has 0 aliphatic carbocycles. The molecule has 0 radical (unpaired) electrons. The number of nitrogens with two attached hydrogens (primary N) is 1. The number of carbonyl (C=O) groups excluding carboxylic acids is 1. The summed E-state index contributed by atoms with van der Waals surface area (Å²) in [6.45, 7) is 3.63. The highest BCUT2D eigenvalue weighted by Crippen LogP contribution is 2.37. The highest BCUT2D eigenvalue weighted by atomic mass is 19.4. The number of anilines is 1. The van der Waals surface area contributed by atoms with Crippen molar-refractivity contribution in [1.29, 1.82) is 0 Å². The van der Waals surface area contributed by atoms with Crippen LogP contribution in [0.5, 0.6) is 5.75 Å². The van der Waals surface area contributed by atoms with Gasteiger partial charge < -0.3 is 29.7 Å². The minimum atomic E-state index is -4.63. The van der Waals surface area contributed by atoms with Crippen LogP contribution in [0, 0.1) is 0 Å². The number of hydrogen-bond donors (Lipinski definition) is 2. The number of amides is 1. The van der Waals surface area contributed by atoms with E-state index in [1.54, 1.807) is 17.9 Å². The Morgan fingerprint density at radius 1 is 1.05 bits per heavy atom. The van der Waals surface area contributed by atoms with Crippen LogP contribution in [0.15, 0.2) is 52.9 Å². The van der Waals surface area contributed by atoms with Crippen molar-refractivity contribution >= 4 is 33.8 Å². The normalized spacial score (nSPS) is 15.1. The minimum Gasteiger partial charge on any atom is -0.494 e. The summed E-state index contributed by atoms with van der Waals surface area (Å²) in [5, 5.41) is 0.327. The third kappa shape index (κ3) is 4.82. The third-order valence-corrected chi connectivity index (χ3v) is 7.07. The summed E-state index contributed by atoms with van der Waals surface area (Å²) < 4.78 is 51.3. The lowest BCUT2D eigenvalue weighted by Crippen LogP contribution is -2.49. The zero-order chi connectivity index (χ0) is 28.9. The van der Waals surface area contributed by atoms with Gasteiger partial charge >= 0.3 is 6.18 Å². The van der Waals surface area contributed by atoms with Crippen molar-refractivity contribution < 1.29 is 27.1 Å². The molecule has 10 nitrogen and oxygen atoms in total. The van der Waals surface area contributed by atoms with Gasteiger partial charge in [0, 0.05) is 37.1 Å². The summed E-state index contributed by atoms with van der Waals surface area (Å²) in [4.78, 5) is 33.6. The number of nitrogens with zero attached hydrogens (tertiary/aromatic N) is 5. The molecule has 3 N–H and O–H groups in total. The fourth-order valence-electron chi connectivity index (χ4n) is 4.97. The van der Waals surface area contributed by atoms with E-state index in [1.807, 2.05) is 24.3 Å². The second kappa shape index (κ2) is 10.1. The van der Waals surface area contributed by atoms with E-state index in [2.05, 4.69) is 24.8 Å². The van der Waals surface area contributed by atoms with Crippen LogP contribution >= 0.6 is 0 Å². The number of nitrogens with one attached hydrogen (secondary N) is 1. The van der Waals surface area contributed by atoms with Crippen molar-refractivity contribution in [2.75, 3.05) is 38.2 Å². The number of oxazole rings is 1. The van der Waals surface area contributed by atoms with Crippen LogP contribution in [-0.4, -0.2) is 64.0 Å². The molecule has 1 fully saturated rings. The number of aromatic amines is 1. The molecule has 1 atom stereocenters. The van der Waals surface area contributed by atoms with E-state index in [1.165, 1.54) is 19.2 Å². The smallest absolute Gasteiger partial charge is 0.433 e. The first kappa shape index (κ1) is 26.6. The summed E-state index contributed by atoms with van der Waals surface area (Å²) in [5.74, 6) is 0.801. The SMILES string of the molecule is COc1ccc(-c2nc(C(=O)N3CCN(c4nc5ccccc5[nH]4)CC3)c(C(C)N)o2)c2ccc(C(F)(F)F)nc12. The molecule has 13 heteroatoms. The van der Waals surface area contributed by atoms with E-state index < -0.39 is 17.9 Å². The van der Waals surface area contributed by atoms with Gasteiger partial charge in [-0.1, -0.05) is 12.1 Å². The van der Waals surface area contributed by atoms with Gasteiger partial charge in [0.15, 0.2) is 11.5 Å². The predicted octanol–water partition coefficient (Wildman–Crippen LogP) is 4.78. The maximum Gasteiger partial charge on any atom is 0.433 e. The molecule has 1 unspecified atom stereocenters.